The molecule has 0 unspecified atom stereocenters. The normalized spacial score (nSPS) is 14.5. The van der Waals surface area contributed by atoms with E-state index in [0.29, 0.717) is 0 Å². The molecule has 0 radical (unpaired) electrons. The summed E-state index contributed by atoms with van der Waals surface area (Å²) in [6.07, 6.45) is 0. The average molecular weight is 835 g/mol. The van der Waals surface area contributed by atoms with Crippen LogP contribution in [0.3, 0.4) is 0 Å². The SMILES string of the molecule is CC1(C)c2ccccc2-c2ccc(-c3c4ccccc4c(-c4ccc5c6c(ccc5c4)-c4c(c5ccccc5c5ccccc45)C64c5ccccc5-c5ccccc54)c4ccccc34)cc21. The van der Waals surface area contributed by atoms with E-state index in [-0.39, 0.29) is 5.41 Å². The minimum absolute atomic E-state index is 0.0818. The van der Waals surface area contributed by atoms with E-state index in [1.54, 1.807) is 0 Å². The van der Waals surface area contributed by atoms with Gasteiger partial charge in [-0.15, -0.1) is 0 Å². The molecule has 0 heterocycles. The fourth-order valence-electron chi connectivity index (χ4n) is 13.4. The van der Waals surface area contributed by atoms with Crippen molar-refractivity contribution >= 4 is 53.9 Å². The largest absolute Gasteiger partial charge is 0.0737 e. The molecule has 1 spiro atoms. The summed E-state index contributed by atoms with van der Waals surface area (Å²) in [5.41, 5.74) is 20.9. The summed E-state index contributed by atoms with van der Waals surface area (Å²) in [6, 6.07) is 83.2. The topological polar surface area (TPSA) is 0 Å². The second-order valence-electron chi connectivity index (χ2n) is 19.4. The van der Waals surface area contributed by atoms with Gasteiger partial charge in [-0.1, -0.05) is 220 Å². The fourth-order valence-corrected chi connectivity index (χ4v) is 13.4. The molecule has 0 atom stereocenters. The fraction of sp³-hybridized carbons (Fsp3) is 0.0606. The van der Waals surface area contributed by atoms with Crippen LogP contribution in [0.25, 0.3) is 109 Å². The van der Waals surface area contributed by atoms with Gasteiger partial charge < -0.3 is 0 Å². The van der Waals surface area contributed by atoms with Gasteiger partial charge in [0.25, 0.3) is 0 Å². The van der Waals surface area contributed by atoms with Crippen LogP contribution in [0.2, 0.25) is 0 Å². The molecule has 0 bridgehead atoms. The zero-order chi connectivity index (χ0) is 43.5. The van der Waals surface area contributed by atoms with E-state index in [1.165, 1.54) is 143 Å². The van der Waals surface area contributed by atoms with Crippen molar-refractivity contribution in [2.24, 2.45) is 0 Å². The second-order valence-corrected chi connectivity index (χ2v) is 19.4. The minimum Gasteiger partial charge on any atom is -0.0619 e. The molecule has 15 rings (SSSR count). The van der Waals surface area contributed by atoms with Crippen LogP contribution in [0.5, 0.6) is 0 Å². The van der Waals surface area contributed by atoms with Crippen molar-refractivity contribution in [3.8, 4) is 55.6 Å². The molecule has 12 aromatic carbocycles. The number of hydrogen-bond donors (Lipinski definition) is 0. The van der Waals surface area contributed by atoms with Crippen LogP contribution < -0.4 is 0 Å². The van der Waals surface area contributed by atoms with Crippen molar-refractivity contribution in [1.29, 1.82) is 0 Å². The van der Waals surface area contributed by atoms with Gasteiger partial charge in [0.05, 0.1) is 5.41 Å². The lowest BCUT2D eigenvalue weighted by atomic mass is 9.68. The molecule has 66 heavy (non-hydrogen) atoms. The highest BCUT2D eigenvalue weighted by Crippen LogP contribution is 2.66. The molecule has 0 fully saturated rings. The molecule has 0 saturated carbocycles. The molecule has 0 N–H and O–H groups in total. The van der Waals surface area contributed by atoms with E-state index in [1.807, 2.05) is 0 Å². The van der Waals surface area contributed by atoms with Crippen LogP contribution in [0.1, 0.15) is 47.2 Å². The molecule has 3 aliphatic carbocycles. The zero-order valence-corrected chi connectivity index (χ0v) is 36.8. The standard InChI is InChI=1S/C66H42/c1-65(2)56-28-14-11-19-45(56)48-35-33-41(38-59(48)65)61-52-25-8-6-23-50(52)60(51-24-7-9-26-53(51)61)40-32-34-42-39(37-40)31-36-55-62-49-22-5-3-17-43(49)44-18-4-10-27-54(44)64(62)66(63(42)55)57-29-15-12-20-46(57)47-21-13-16-30-58(47)66/h3-38H,1-2H3. The maximum Gasteiger partial charge on any atom is 0.0737 e. The van der Waals surface area contributed by atoms with Crippen LogP contribution in [0, 0.1) is 0 Å². The lowest BCUT2D eigenvalue weighted by Crippen LogP contribution is -2.26. The molecule has 306 valence electrons. The Morgan fingerprint density at radius 3 is 1.26 bits per heavy atom. The van der Waals surface area contributed by atoms with E-state index in [0.717, 1.165) is 0 Å². The van der Waals surface area contributed by atoms with Gasteiger partial charge in [0, 0.05) is 5.41 Å². The van der Waals surface area contributed by atoms with Crippen molar-refractivity contribution < 1.29 is 0 Å². The number of rotatable bonds is 2. The second kappa shape index (κ2) is 12.8. The van der Waals surface area contributed by atoms with Gasteiger partial charge in [0.1, 0.15) is 0 Å². The maximum absolute atomic E-state index is 2.49. The van der Waals surface area contributed by atoms with Crippen LogP contribution in [-0.4, -0.2) is 0 Å². The third-order valence-corrected chi connectivity index (χ3v) is 16.0. The van der Waals surface area contributed by atoms with E-state index >= 15 is 0 Å². The lowest BCUT2D eigenvalue weighted by molar-refractivity contribution is 0.660. The van der Waals surface area contributed by atoms with E-state index in [2.05, 4.69) is 232 Å². The van der Waals surface area contributed by atoms with E-state index in [9.17, 15) is 0 Å². The predicted molar refractivity (Wildman–Crippen MR) is 279 cm³/mol. The number of fused-ring (bicyclic) bond motifs is 22. The van der Waals surface area contributed by atoms with Gasteiger partial charge in [-0.25, -0.2) is 0 Å². The van der Waals surface area contributed by atoms with Gasteiger partial charge in [0.2, 0.25) is 0 Å². The van der Waals surface area contributed by atoms with Crippen LogP contribution in [0.4, 0.5) is 0 Å². The van der Waals surface area contributed by atoms with Gasteiger partial charge in [-0.05, 0) is 155 Å². The molecular weight excluding hydrogens is 793 g/mol. The third-order valence-electron chi connectivity index (χ3n) is 16.0. The Kier molecular flexibility index (Phi) is 7.04. The van der Waals surface area contributed by atoms with Crippen LogP contribution in [-0.2, 0) is 10.8 Å². The first kappa shape index (κ1) is 36.3. The Hall–Kier alpha value is -8.06. The smallest absolute Gasteiger partial charge is 0.0619 e. The first-order valence-electron chi connectivity index (χ1n) is 23.4. The summed E-state index contributed by atoms with van der Waals surface area (Å²) >= 11 is 0. The summed E-state index contributed by atoms with van der Waals surface area (Å²) in [6.45, 7) is 4.76. The lowest BCUT2D eigenvalue weighted by Gasteiger charge is -2.32. The quantitative estimate of drug-likeness (QED) is 0.120. The Morgan fingerprint density at radius 2 is 0.667 bits per heavy atom. The predicted octanol–water partition coefficient (Wildman–Crippen LogP) is 17.4. The Bertz CT molecular complexity index is 4040. The Morgan fingerprint density at radius 1 is 0.258 bits per heavy atom. The zero-order valence-electron chi connectivity index (χ0n) is 36.8. The highest BCUT2D eigenvalue weighted by molar-refractivity contribution is 6.24. The molecule has 0 aromatic heterocycles. The molecule has 0 aliphatic heterocycles. The summed E-state index contributed by atoms with van der Waals surface area (Å²) in [5.74, 6) is 0. The van der Waals surface area contributed by atoms with Gasteiger partial charge >= 0.3 is 0 Å². The van der Waals surface area contributed by atoms with Crippen molar-refractivity contribution in [2.75, 3.05) is 0 Å². The number of benzene rings is 12. The Balaban J connectivity index is 1.01. The van der Waals surface area contributed by atoms with Gasteiger partial charge in [-0.2, -0.15) is 0 Å². The first-order chi connectivity index (χ1) is 32.5. The highest BCUT2D eigenvalue weighted by Gasteiger charge is 2.53. The Labute approximate surface area is 384 Å². The molecular formula is C66H42. The van der Waals surface area contributed by atoms with Crippen LogP contribution >= 0.6 is 0 Å². The molecule has 0 heteroatoms. The monoisotopic (exact) mass is 834 g/mol. The molecule has 0 amide bonds. The summed E-state index contributed by atoms with van der Waals surface area (Å²) in [5, 5.41) is 12.9. The molecule has 3 aliphatic rings. The summed E-state index contributed by atoms with van der Waals surface area (Å²) < 4.78 is 0. The third kappa shape index (κ3) is 4.40. The maximum atomic E-state index is 2.49. The summed E-state index contributed by atoms with van der Waals surface area (Å²) in [4.78, 5) is 0. The van der Waals surface area contributed by atoms with Crippen molar-refractivity contribution in [3.63, 3.8) is 0 Å². The van der Waals surface area contributed by atoms with Gasteiger partial charge in [0.15, 0.2) is 0 Å². The van der Waals surface area contributed by atoms with E-state index < -0.39 is 5.41 Å². The van der Waals surface area contributed by atoms with Crippen LogP contribution in [0.15, 0.2) is 218 Å². The van der Waals surface area contributed by atoms with Gasteiger partial charge in [-0.3, -0.25) is 0 Å². The first-order valence-corrected chi connectivity index (χ1v) is 23.4. The average Bonchev–Trinajstić information content (AvgIpc) is 3.94. The molecule has 0 nitrogen and oxygen atoms in total. The minimum atomic E-state index is -0.505. The highest BCUT2D eigenvalue weighted by atomic mass is 14.5. The van der Waals surface area contributed by atoms with Crippen molar-refractivity contribution in [3.05, 3.63) is 252 Å². The number of hydrogen-bond acceptors (Lipinski definition) is 0. The van der Waals surface area contributed by atoms with Crippen molar-refractivity contribution in [2.45, 2.75) is 24.7 Å². The molecule has 12 aromatic rings. The van der Waals surface area contributed by atoms with Crippen molar-refractivity contribution in [1.82, 2.24) is 0 Å². The molecule has 0 saturated heterocycles. The van der Waals surface area contributed by atoms with E-state index in [4.69, 9.17) is 0 Å². The summed E-state index contributed by atoms with van der Waals surface area (Å²) in [7, 11) is 0.